The van der Waals surface area contributed by atoms with Crippen LogP contribution in [0.5, 0.6) is 17.2 Å². The molecule has 1 aromatic heterocycles. The summed E-state index contributed by atoms with van der Waals surface area (Å²) in [6, 6.07) is 6.56. The van der Waals surface area contributed by atoms with Gasteiger partial charge in [-0.15, -0.1) is 0 Å². The van der Waals surface area contributed by atoms with Gasteiger partial charge in [0, 0.05) is 5.56 Å². The molecule has 30 heavy (non-hydrogen) atoms. The molecule has 0 atom stereocenters. The molecule has 1 heterocycles. The Hall–Kier alpha value is -3.62. The van der Waals surface area contributed by atoms with E-state index in [9.17, 15) is 13.6 Å². The van der Waals surface area contributed by atoms with Crippen molar-refractivity contribution in [3.05, 3.63) is 53.2 Å². The maximum Gasteiger partial charge on any atom is 0.261 e. The van der Waals surface area contributed by atoms with Crippen molar-refractivity contribution in [1.82, 2.24) is 10.2 Å². The fraction of sp³-hybridized carbons (Fsp3) is 0.238. The van der Waals surface area contributed by atoms with Gasteiger partial charge >= 0.3 is 0 Å². The lowest BCUT2D eigenvalue weighted by atomic mass is 10.1. The summed E-state index contributed by atoms with van der Waals surface area (Å²) in [5, 5.41) is 9.71. The second-order valence-electron chi connectivity index (χ2n) is 6.24. The van der Waals surface area contributed by atoms with E-state index in [0.29, 0.717) is 46.3 Å². The molecule has 0 radical (unpaired) electrons. The Morgan fingerprint density at radius 1 is 1.07 bits per heavy atom. The lowest BCUT2D eigenvalue weighted by Gasteiger charge is -2.14. The number of nitrogens with one attached hydrogen (secondary N) is 2. The molecule has 0 unspecified atom stereocenters. The molecule has 2 aromatic carbocycles. The number of anilines is 1. The van der Waals surface area contributed by atoms with Crippen molar-refractivity contribution >= 4 is 11.6 Å². The SMILES string of the molecule is CCc1[nH]nc(-c2cc(OC)c(OC)c(OC)c2)c1NC(=O)c1c(F)cccc1F. The first-order chi connectivity index (χ1) is 14.4. The smallest absolute Gasteiger partial charge is 0.261 e. The lowest BCUT2D eigenvalue weighted by molar-refractivity contribution is 0.101. The molecule has 0 spiro atoms. The van der Waals surface area contributed by atoms with Crippen molar-refractivity contribution < 1.29 is 27.8 Å². The van der Waals surface area contributed by atoms with Gasteiger partial charge in [-0.05, 0) is 30.7 Å². The van der Waals surface area contributed by atoms with Gasteiger partial charge in [-0.25, -0.2) is 8.78 Å². The van der Waals surface area contributed by atoms with Crippen molar-refractivity contribution in [3.63, 3.8) is 0 Å². The number of halogens is 2. The van der Waals surface area contributed by atoms with E-state index in [1.165, 1.54) is 27.4 Å². The Labute approximate surface area is 172 Å². The third kappa shape index (κ3) is 3.78. The number of aryl methyl sites for hydroxylation is 1. The maximum atomic E-state index is 14.0. The Morgan fingerprint density at radius 3 is 2.17 bits per heavy atom. The number of methoxy groups -OCH3 is 3. The zero-order valence-electron chi connectivity index (χ0n) is 16.9. The van der Waals surface area contributed by atoms with Gasteiger partial charge in [0.25, 0.3) is 5.91 Å². The maximum absolute atomic E-state index is 14.0. The van der Waals surface area contributed by atoms with Gasteiger partial charge in [-0.2, -0.15) is 5.10 Å². The number of carbonyl (C=O) groups is 1. The molecule has 158 valence electrons. The third-order valence-corrected chi connectivity index (χ3v) is 4.56. The first-order valence-electron chi connectivity index (χ1n) is 9.08. The minimum atomic E-state index is -0.955. The van der Waals surface area contributed by atoms with Crippen molar-refractivity contribution in [1.29, 1.82) is 0 Å². The minimum Gasteiger partial charge on any atom is -0.493 e. The highest BCUT2D eigenvalue weighted by atomic mass is 19.1. The fourth-order valence-electron chi connectivity index (χ4n) is 3.09. The number of rotatable bonds is 7. The van der Waals surface area contributed by atoms with Crippen LogP contribution in [-0.4, -0.2) is 37.4 Å². The number of benzene rings is 2. The highest BCUT2D eigenvalue weighted by molar-refractivity contribution is 6.06. The van der Waals surface area contributed by atoms with Gasteiger partial charge in [0.15, 0.2) is 11.5 Å². The van der Waals surface area contributed by atoms with E-state index in [1.54, 1.807) is 12.1 Å². The number of aromatic amines is 1. The van der Waals surface area contributed by atoms with Gasteiger partial charge < -0.3 is 19.5 Å². The summed E-state index contributed by atoms with van der Waals surface area (Å²) >= 11 is 0. The van der Waals surface area contributed by atoms with Crippen molar-refractivity contribution in [3.8, 4) is 28.5 Å². The number of hydrogen-bond acceptors (Lipinski definition) is 5. The summed E-state index contributed by atoms with van der Waals surface area (Å²) < 4.78 is 44.1. The van der Waals surface area contributed by atoms with Crippen LogP contribution in [0.3, 0.4) is 0 Å². The Balaban J connectivity index is 2.10. The number of nitrogens with zero attached hydrogens (tertiary/aromatic N) is 1. The minimum absolute atomic E-state index is 0.305. The molecule has 0 aliphatic rings. The van der Waals surface area contributed by atoms with Crippen molar-refractivity contribution in [2.45, 2.75) is 13.3 Å². The standard InChI is InChI=1S/C21H21F2N3O4/c1-5-14-19(24-21(27)17-12(22)7-6-8-13(17)23)18(26-25-14)11-9-15(28-2)20(30-4)16(10-11)29-3/h6-10H,5H2,1-4H3,(H,24,27)(H,25,26). The topological polar surface area (TPSA) is 85.5 Å². The van der Waals surface area contributed by atoms with Crippen LogP contribution in [0.1, 0.15) is 23.0 Å². The first kappa shape index (κ1) is 21.1. The summed E-state index contributed by atoms with van der Waals surface area (Å²) in [5.74, 6) is -1.65. The van der Waals surface area contributed by atoms with E-state index >= 15 is 0 Å². The number of carbonyl (C=O) groups excluding carboxylic acids is 1. The lowest BCUT2D eigenvalue weighted by Crippen LogP contribution is -2.17. The monoisotopic (exact) mass is 417 g/mol. The Morgan fingerprint density at radius 2 is 1.67 bits per heavy atom. The molecule has 0 saturated heterocycles. The summed E-state index contributed by atoms with van der Waals surface area (Å²) in [4.78, 5) is 12.6. The average Bonchev–Trinajstić information content (AvgIpc) is 3.14. The number of aromatic nitrogens is 2. The molecule has 1 amide bonds. The second kappa shape index (κ2) is 8.81. The third-order valence-electron chi connectivity index (χ3n) is 4.56. The van der Waals surface area contributed by atoms with E-state index in [4.69, 9.17) is 14.2 Å². The normalized spacial score (nSPS) is 10.6. The first-order valence-corrected chi connectivity index (χ1v) is 9.08. The molecule has 0 aliphatic carbocycles. The van der Waals surface area contributed by atoms with Crippen molar-refractivity contribution in [2.24, 2.45) is 0 Å². The van der Waals surface area contributed by atoms with Crippen LogP contribution < -0.4 is 19.5 Å². The quantitative estimate of drug-likeness (QED) is 0.602. The Bertz CT molecular complexity index is 1040. The fourth-order valence-corrected chi connectivity index (χ4v) is 3.09. The van der Waals surface area contributed by atoms with Crippen LogP contribution in [0.4, 0.5) is 14.5 Å². The molecule has 0 bridgehead atoms. The van der Waals surface area contributed by atoms with Gasteiger partial charge in [-0.1, -0.05) is 13.0 Å². The van der Waals surface area contributed by atoms with Gasteiger partial charge in [-0.3, -0.25) is 9.89 Å². The van der Waals surface area contributed by atoms with Crippen LogP contribution in [0.25, 0.3) is 11.3 Å². The van der Waals surface area contributed by atoms with Crippen LogP contribution in [0.15, 0.2) is 30.3 Å². The summed E-state index contributed by atoms with van der Waals surface area (Å²) in [6.45, 7) is 1.85. The van der Waals surface area contributed by atoms with Gasteiger partial charge in [0.2, 0.25) is 5.75 Å². The van der Waals surface area contributed by atoms with Crippen LogP contribution in [-0.2, 0) is 6.42 Å². The van der Waals surface area contributed by atoms with E-state index in [2.05, 4.69) is 15.5 Å². The molecular formula is C21H21F2N3O4. The number of hydrogen-bond donors (Lipinski definition) is 2. The van der Waals surface area contributed by atoms with Gasteiger partial charge in [0.05, 0.1) is 32.7 Å². The molecule has 3 aromatic rings. The highest BCUT2D eigenvalue weighted by Gasteiger charge is 2.23. The van der Waals surface area contributed by atoms with E-state index in [-0.39, 0.29) is 0 Å². The largest absolute Gasteiger partial charge is 0.493 e. The average molecular weight is 417 g/mol. The van der Waals surface area contributed by atoms with Crippen LogP contribution in [0, 0.1) is 11.6 Å². The van der Waals surface area contributed by atoms with Crippen molar-refractivity contribution in [2.75, 3.05) is 26.6 Å². The number of amides is 1. The number of ether oxygens (including phenoxy) is 3. The zero-order valence-corrected chi connectivity index (χ0v) is 16.9. The molecule has 7 nitrogen and oxygen atoms in total. The molecule has 2 N–H and O–H groups in total. The molecule has 0 saturated carbocycles. The predicted octanol–water partition coefficient (Wildman–Crippen LogP) is 4.20. The summed E-state index contributed by atoms with van der Waals surface area (Å²) in [7, 11) is 4.44. The molecule has 9 heteroatoms. The molecule has 0 fully saturated rings. The number of H-pyrrole nitrogens is 1. The summed E-state index contributed by atoms with van der Waals surface area (Å²) in [6.07, 6.45) is 0.493. The molecular weight excluding hydrogens is 396 g/mol. The van der Waals surface area contributed by atoms with Crippen LogP contribution in [0.2, 0.25) is 0 Å². The van der Waals surface area contributed by atoms with E-state index in [1.807, 2.05) is 6.92 Å². The zero-order chi connectivity index (χ0) is 21.8. The van der Waals surface area contributed by atoms with Crippen LogP contribution >= 0.6 is 0 Å². The van der Waals surface area contributed by atoms with Gasteiger partial charge in [0.1, 0.15) is 22.9 Å². The second-order valence-corrected chi connectivity index (χ2v) is 6.24. The van der Waals surface area contributed by atoms with E-state index < -0.39 is 23.1 Å². The molecule has 0 aliphatic heterocycles. The van der Waals surface area contributed by atoms with E-state index in [0.717, 1.165) is 12.1 Å². The highest BCUT2D eigenvalue weighted by Crippen LogP contribution is 2.42. The Kier molecular flexibility index (Phi) is 6.20. The predicted molar refractivity (Wildman–Crippen MR) is 107 cm³/mol. The summed E-state index contributed by atoms with van der Waals surface area (Å²) in [5.41, 5.74) is 1.13. The molecule has 3 rings (SSSR count).